The van der Waals surface area contributed by atoms with E-state index in [9.17, 15) is 9.59 Å². The second-order valence-electron chi connectivity index (χ2n) is 4.18. The molecule has 0 aromatic rings. The van der Waals surface area contributed by atoms with Crippen LogP contribution < -0.4 is 0 Å². The first-order valence-electron chi connectivity index (χ1n) is 5.52. The number of hydrogen-bond acceptors (Lipinski definition) is 3. The molecule has 0 aliphatic rings. The van der Waals surface area contributed by atoms with Crippen molar-refractivity contribution in [2.24, 2.45) is 5.92 Å². The molecule has 0 saturated carbocycles. The molecule has 0 aromatic heterocycles. The second kappa shape index (κ2) is 7.04. The Morgan fingerprint density at radius 3 is 2.25 bits per heavy atom. The lowest BCUT2D eigenvalue weighted by Crippen LogP contribution is -2.20. The Balaban J connectivity index is 4.60. The van der Waals surface area contributed by atoms with Gasteiger partial charge in [0.25, 0.3) is 0 Å². The zero-order chi connectivity index (χ0) is 12.7. The minimum Gasteiger partial charge on any atom is -0.477 e. The smallest absolute Gasteiger partial charge is 0.345 e. The summed E-state index contributed by atoms with van der Waals surface area (Å²) in [5, 5.41) is 8.87. The minimum atomic E-state index is -1.23. The molecular formula is C12H20O4. The van der Waals surface area contributed by atoms with Gasteiger partial charge in [-0.2, -0.15) is 0 Å². The van der Waals surface area contributed by atoms with E-state index >= 15 is 0 Å². The summed E-state index contributed by atoms with van der Waals surface area (Å²) in [7, 11) is 0. The van der Waals surface area contributed by atoms with Crippen LogP contribution in [0.25, 0.3) is 0 Å². The molecule has 0 rings (SSSR count). The van der Waals surface area contributed by atoms with Crippen LogP contribution in [0.3, 0.4) is 0 Å². The maximum absolute atomic E-state index is 11.5. The third kappa shape index (κ3) is 5.53. The van der Waals surface area contributed by atoms with Gasteiger partial charge in [0.15, 0.2) is 0 Å². The average Bonchev–Trinajstić information content (AvgIpc) is 2.16. The number of esters is 1. The Hall–Kier alpha value is -1.32. The summed E-state index contributed by atoms with van der Waals surface area (Å²) in [6.07, 6.45) is 2.40. The van der Waals surface area contributed by atoms with E-state index in [0.717, 1.165) is 0 Å². The van der Waals surface area contributed by atoms with Crippen molar-refractivity contribution in [3.8, 4) is 0 Å². The Morgan fingerprint density at radius 2 is 1.88 bits per heavy atom. The van der Waals surface area contributed by atoms with Gasteiger partial charge in [0, 0.05) is 0 Å². The minimum absolute atomic E-state index is 0.255. The van der Waals surface area contributed by atoms with Crippen molar-refractivity contribution in [1.29, 1.82) is 0 Å². The first-order valence-corrected chi connectivity index (χ1v) is 5.52. The zero-order valence-corrected chi connectivity index (χ0v) is 10.3. The monoisotopic (exact) mass is 228 g/mol. The fraction of sp³-hybridized carbons (Fsp3) is 0.667. The first kappa shape index (κ1) is 14.7. The number of rotatable bonds is 6. The molecule has 92 valence electrons. The van der Waals surface area contributed by atoms with Gasteiger partial charge >= 0.3 is 11.9 Å². The normalized spacial score (nSPS) is 13.7. The maximum atomic E-state index is 11.5. The summed E-state index contributed by atoms with van der Waals surface area (Å²) in [4.78, 5) is 22.3. The summed E-state index contributed by atoms with van der Waals surface area (Å²) in [5.41, 5.74) is -0.269. The van der Waals surface area contributed by atoms with Crippen molar-refractivity contribution < 1.29 is 19.4 Å². The lowest BCUT2D eigenvalue weighted by Gasteiger charge is -2.11. The highest BCUT2D eigenvalue weighted by atomic mass is 16.5. The second-order valence-corrected chi connectivity index (χ2v) is 4.18. The number of ether oxygens (including phenoxy) is 1. The van der Waals surface area contributed by atoms with E-state index in [1.54, 1.807) is 6.92 Å². The van der Waals surface area contributed by atoms with Crippen molar-refractivity contribution in [2.75, 3.05) is 0 Å². The van der Waals surface area contributed by atoms with Gasteiger partial charge in [-0.3, -0.25) is 0 Å². The molecule has 0 aromatic carbocycles. The molecule has 0 radical (unpaired) electrons. The Morgan fingerprint density at radius 1 is 1.31 bits per heavy atom. The lowest BCUT2D eigenvalue weighted by molar-refractivity contribution is -0.147. The highest BCUT2D eigenvalue weighted by Crippen LogP contribution is 2.09. The highest BCUT2D eigenvalue weighted by Gasteiger charge is 2.20. The number of carbonyl (C=O) groups is 2. The topological polar surface area (TPSA) is 63.6 Å². The number of carbonyl (C=O) groups excluding carboxylic acids is 1. The summed E-state index contributed by atoms with van der Waals surface area (Å²) in [5.74, 6) is -1.66. The van der Waals surface area contributed by atoms with Crippen LogP contribution in [0, 0.1) is 5.92 Å². The van der Waals surface area contributed by atoms with E-state index in [-0.39, 0.29) is 11.7 Å². The van der Waals surface area contributed by atoms with Crippen LogP contribution in [0.2, 0.25) is 0 Å². The van der Waals surface area contributed by atoms with Crippen LogP contribution in [0.15, 0.2) is 11.6 Å². The third-order valence-corrected chi connectivity index (χ3v) is 2.13. The Labute approximate surface area is 96.3 Å². The molecule has 0 bridgehead atoms. The molecule has 0 heterocycles. The number of hydrogen-bond donors (Lipinski definition) is 1. The van der Waals surface area contributed by atoms with Gasteiger partial charge in [0.1, 0.15) is 5.57 Å². The molecule has 0 fully saturated rings. The Bertz CT molecular complexity index is 279. The fourth-order valence-corrected chi connectivity index (χ4v) is 0.941. The van der Waals surface area contributed by atoms with E-state index in [4.69, 9.17) is 9.84 Å². The number of carboxylic acid groups (broad SMARTS) is 1. The van der Waals surface area contributed by atoms with Crippen LogP contribution in [0.1, 0.15) is 40.5 Å². The van der Waals surface area contributed by atoms with Crippen LogP contribution >= 0.6 is 0 Å². The van der Waals surface area contributed by atoms with Gasteiger partial charge in [-0.1, -0.05) is 26.8 Å². The van der Waals surface area contributed by atoms with Gasteiger partial charge in [0.05, 0.1) is 6.10 Å². The van der Waals surface area contributed by atoms with E-state index in [2.05, 4.69) is 0 Å². The number of allylic oxidation sites excluding steroid dienone is 1. The van der Waals surface area contributed by atoms with Crippen molar-refractivity contribution in [1.82, 2.24) is 0 Å². The molecule has 1 unspecified atom stereocenters. The molecular weight excluding hydrogens is 208 g/mol. The molecule has 1 N–H and O–H groups in total. The summed E-state index contributed by atoms with van der Waals surface area (Å²) < 4.78 is 4.97. The summed E-state index contributed by atoms with van der Waals surface area (Å²) in [6, 6.07) is 0. The quantitative estimate of drug-likeness (QED) is 0.328. The SMILES string of the molecule is CCC(C)OC(=O)C(=CCC(C)C)C(=O)O. The molecule has 4 nitrogen and oxygen atoms in total. The van der Waals surface area contributed by atoms with E-state index in [0.29, 0.717) is 18.8 Å². The number of aliphatic carboxylic acids is 1. The van der Waals surface area contributed by atoms with Crippen molar-refractivity contribution in [2.45, 2.75) is 46.6 Å². The van der Waals surface area contributed by atoms with Crippen molar-refractivity contribution in [3.05, 3.63) is 11.6 Å². The average molecular weight is 228 g/mol. The van der Waals surface area contributed by atoms with Gasteiger partial charge in [0.2, 0.25) is 0 Å². The zero-order valence-electron chi connectivity index (χ0n) is 10.3. The van der Waals surface area contributed by atoms with Crippen LogP contribution in [0.5, 0.6) is 0 Å². The third-order valence-electron chi connectivity index (χ3n) is 2.13. The summed E-state index contributed by atoms with van der Waals surface area (Å²) in [6.45, 7) is 7.52. The molecule has 0 aliphatic carbocycles. The molecule has 16 heavy (non-hydrogen) atoms. The van der Waals surface area contributed by atoms with Crippen LogP contribution in [-0.4, -0.2) is 23.1 Å². The standard InChI is InChI=1S/C12H20O4/c1-5-9(4)16-12(15)10(11(13)14)7-6-8(2)3/h7-9H,5-6H2,1-4H3,(H,13,14). The van der Waals surface area contributed by atoms with Crippen LogP contribution in [0.4, 0.5) is 0 Å². The van der Waals surface area contributed by atoms with Gasteiger partial charge in [-0.25, -0.2) is 9.59 Å². The molecule has 0 spiro atoms. The predicted octanol–water partition coefficient (Wildman–Crippen LogP) is 2.39. The molecule has 0 aliphatic heterocycles. The van der Waals surface area contributed by atoms with E-state index < -0.39 is 11.9 Å². The lowest BCUT2D eigenvalue weighted by atomic mass is 10.1. The van der Waals surface area contributed by atoms with Gasteiger partial charge < -0.3 is 9.84 Å². The van der Waals surface area contributed by atoms with Gasteiger partial charge in [-0.15, -0.1) is 0 Å². The molecule has 1 atom stereocenters. The summed E-state index contributed by atoms with van der Waals surface area (Å²) >= 11 is 0. The number of carboxylic acids is 1. The largest absolute Gasteiger partial charge is 0.477 e. The van der Waals surface area contributed by atoms with Crippen molar-refractivity contribution >= 4 is 11.9 Å². The Kier molecular flexibility index (Phi) is 6.46. The van der Waals surface area contributed by atoms with Crippen molar-refractivity contribution in [3.63, 3.8) is 0 Å². The van der Waals surface area contributed by atoms with Gasteiger partial charge in [-0.05, 0) is 25.7 Å². The maximum Gasteiger partial charge on any atom is 0.345 e. The first-order chi connectivity index (χ1) is 7.38. The molecule has 0 saturated heterocycles. The van der Waals surface area contributed by atoms with Crippen LogP contribution in [-0.2, 0) is 14.3 Å². The molecule has 0 amide bonds. The van der Waals surface area contributed by atoms with E-state index in [1.807, 2.05) is 20.8 Å². The van der Waals surface area contributed by atoms with E-state index in [1.165, 1.54) is 6.08 Å². The predicted molar refractivity (Wildman–Crippen MR) is 61.0 cm³/mol. The fourth-order valence-electron chi connectivity index (χ4n) is 0.941. The highest BCUT2D eigenvalue weighted by molar-refractivity contribution is 6.13. The molecule has 4 heteroatoms.